The average molecular weight is 399 g/mol. The summed E-state index contributed by atoms with van der Waals surface area (Å²) < 4.78 is 12.2. The van der Waals surface area contributed by atoms with Crippen LogP contribution in [-0.4, -0.2) is 59.2 Å². The van der Waals surface area contributed by atoms with Crippen LogP contribution < -0.4 is 9.47 Å². The Morgan fingerprint density at radius 3 is 2.96 bits per heavy atom. The summed E-state index contributed by atoms with van der Waals surface area (Å²) in [4.78, 5) is 7.06. The molecule has 148 valence electrons. The summed E-state index contributed by atoms with van der Waals surface area (Å²) in [5.41, 5.74) is 1.28. The molecule has 2 saturated carbocycles. The summed E-state index contributed by atoms with van der Waals surface area (Å²) >= 11 is 4.94. The number of methoxy groups -OCH3 is 1. The molecule has 2 heterocycles. The Bertz CT molecular complexity index is 896. The van der Waals surface area contributed by atoms with Crippen LogP contribution in [-0.2, 0) is 11.8 Å². The predicted molar refractivity (Wildman–Crippen MR) is 108 cm³/mol. The largest absolute Gasteiger partial charge is 0.493 e. The molecular formula is C22H26N2O3S. The van der Waals surface area contributed by atoms with Crippen molar-refractivity contribution in [2.45, 2.75) is 67.7 Å². The summed E-state index contributed by atoms with van der Waals surface area (Å²) in [5.74, 6) is 2.40. The fourth-order valence-corrected chi connectivity index (χ4v) is 6.94. The second-order valence-corrected chi connectivity index (χ2v) is 9.48. The van der Waals surface area contributed by atoms with Gasteiger partial charge in [-0.3, -0.25) is 4.90 Å². The molecule has 2 aliphatic heterocycles. The molecule has 0 radical (unpaired) electrons. The van der Waals surface area contributed by atoms with Gasteiger partial charge in [-0.1, -0.05) is 6.07 Å². The van der Waals surface area contributed by atoms with Gasteiger partial charge in [-0.2, -0.15) is 0 Å². The van der Waals surface area contributed by atoms with Gasteiger partial charge >= 0.3 is 0 Å². The van der Waals surface area contributed by atoms with Crippen LogP contribution in [0, 0.1) is 5.92 Å². The van der Waals surface area contributed by atoms with Gasteiger partial charge < -0.3 is 14.6 Å². The van der Waals surface area contributed by atoms with E-state index in [2.05, 4.69) is 21.1 Å². The minimum absolute atomic E-state index is 0.0588. The molecule has 5 atom stereocenters. The number of ether oxygens (including phenoxy) is 2. The van der Waals surface area contributed by atoms with E-state index in [1.807, 2.05) is 6.07 Å². The number of likely N-dealkylation sites (tertiary alicyclic amines) is 1. The monoisotopic (exact) mass is 398 g/mol. The van der Waals surface area contributed by atoms with E-state index < -0.39 is 11.0 Å². The van der Waals surface area contributed by atoms with Crippen LogP contribution in [0.2, 0.25) is 0 Å². The highest BCUT2D eigenvalue weighted by molar-refractivity contribution is 7.78. The maximum absolute atomic E-state index is 12.3. The van der Waals surface area contributed by atoms with Crippen LogP contribution in [0.3, 0.4) is 0 Å². The number of hydrogen-bond donors (Lipinski definition) is 1. The van der Waals surface area contributed by atoms with Gasteiger partial charge in [-0.05, 0) is 74.8 Å². The number of aliphatic hydroxyl groups is 1. The number of hydrogen-bond acceptors (Lipinski definition) is 6. The van der Waals surface area contributed by atoms with Crippen LogP contribution in [0.15, 0.2) is 17.1 Å². The Labute approximate surface area is 170 Å². The van der Waals surface area contributed by atoms with Gasteiger partial charge in [-0.15, -0.1) is 0 Å². The average Bonchev–Trinajstić information content (AvgIpc) is 3.43. The van der Waals surface area contributed by atoms with E-state index in [1.165, 1.54) is 24.0 Å². The summed E-state index contributed by atoms with van der Waals surface area (Å²) in [7, 11) is 1.68. The molecule has 1 spiro atoms. The van der Waals surface area contributed by atoms with Crippen molar-refractivity contribution in [2.24, 2.45) is 10.9 Å². The molecule has 3 fully saturated rings. The fourth-order valence-electron chi connectivity index (χ4n) is 6.81. The zero-order valence-corrected chi connectivity index (χ0v) is 17.0. The lowest BCUT2D eigenvalue weighted by Crippen LogP contribution is -2.77. The standard InChI is InChI=1S/C22H26N2O3S/c1-26-16-5-4-14-10-17-22(25)7-6-15(23-12-28)20-21(22,18(14)19(16)27-20)8-9-24(17)11-13-2-3-13/h4-5,13,15,17,20,25H,2-3,6-11H2,1H3/t15-,17-,20+,21+,22-/m1/s1. The van der Waals surface area contributed by atoms with Gasteiger partial charge in [0.1, 0.15) is 6.10 Å². The van der Waals surface area contributed by atoms with Crippen molar-refractivity contribution in [3.63, 3.8) is 0 Å². The molecule has 5 nitrogen and oxygen atoms in total. The zero-order valence-electron chi connectivity index (χ0n) is 16.2. The maximum atomic E-state index is 12.3. The SMILES string of the molecule is COc1ccc2c3c1O[C@H]1[C@H](N=C=S)CC[C@@]4(O)[C@@H](C2)N(CC2CC2)CC[C@]314. The molecule has 3 aliphatic carbocycles. The Hall–Kier alpha value is -1.46. The summed E-state index contributed by atoms with van der Waals surface area (Å²) in [6, 6.07) is 4.30. The third-order valence-corrected chi connectivity index (χ3v) is 8.26. The highest BCUT2D eigenvalue weighted by atomic mass is 32.1. The van der Waals surface area contributed by atoms with Gasteiger partial charge in [0.25, 0.3) is 0 Å². The predicted octanol–water partition coefficient (Wildman–Crippen LogP) is 2.73. The summed E-state index contributed by atoms with van der Waals surface area (Å²) in [5, 5.41) is 14.9. The van der Waals surface area contributed by atoms with Crippen molar-refractivity contribution in [3.8, 4) is 11.5 Å². The van der Waals surface area contributed by atoms with Crippen molar-refractivity contribution in [2.75, 3.05) is 20.2 Å². The summed E-state index contributed by atoms with van der Waals surface area (Å²) in [6.45, 7) is 2.13. The van der Waals surface area contributed by atoms with Crippen LogP contribution in [0.1, 0.15) is 43.2 Å². The Kier molecular flexibility index (Phi) is 3.60. The molecule has 0 aromatic heterocycles. The molecule has 1 N–H and O–H groups in total. The van der Waals surface area contributed by atoms with Crippen LogP contribution in [0.25, 0.3) is 0 Å². The Morgan fingerprint density at radius 1 is 1.36 bits per heavy atom. The lowest BCUT2D eigenvalue weighted by atomic mass is 9.48. The molecular weight excluding hydrogens is 372 g/mol. The molecule has 5 aliphatic rings. The lowest BCUT2D eigenvalue weighted by molar-refractivity contribution is -0.189. The van der Waals surface area contributed by atoms with Crippen LogP contribution >= 0.6 is 12.2 Å². The molecule has 0 amide bonds. The van der Waals surface area contributed by atoms with Gasteiger partial charge in [0.05, 0.1) is 29.3 Å². The molecule has 1 aromatic carbocycles. The number of thiocarbonyl (C=S) groups is 1. The minimum atomic E-state index is -0.789. The topological polar surface area (TPSA) is 54.3 Å². The first-order valence-corrected chi connectivity index (χ1v) is 10.9. The van der Waals surface area contributed by atoms with E-state index in [9.17, 15) is 5.11 Å². The molecule has 6 rings (SSSR count). The quantitative estimate of drug-likeness (QED) is 0.624. The Morgan fingerprint density at radius 2 is 2.21 bits per heavy atom. The first kappa shape index (κ1) is 17.4. The van der Waals surface area contributed by atoms with E-state index in [1.54, 1.807) is 7.11 Å². The zero-order chi connectivity index (χ0) is 19.1. The van der Waals surface area contributed by atoms with Crippen molar-refractivity contribution in [3.05, 3.63) is 23.3 Å². The van der Waals surface area contributed by atoms with Crippen molar-refractivity contribution < 1.29 is 14.6 Å². The number of aliphatic imine (C=N–C) groups is 1. The molecule has 1 saturated heterocycles. The van der Waals surface area contributed by atoms with Gasteiger partial charge in [0, 0.05) is 18.2 Å². The molecule has 1 aromatic rings. The van der Waals surface area contributed by atoms with Crippen molar-refractivity contribution >= 4 is 17.4 Å². The van der Waals surface area contributed by atoms with Crippen molar-refractivity contribution in [1.82, 2.24) is 4.90 Å². The van der Waals surface area contributed by atoms with Gasteiger partial charge in [0.15, 0.2) is 11.5 Å². The number of nitrogens with zero attached hydrogens (tertiary/aromatic N) is 2. The number of piperidine rings is 1. The van der Waals surface area contributed by atoms with E-state index in [4.69, 9.17) is 21.7 Å². The van der Waals surface area contributed by atoms with E-state index in [0.717, 1.165) is 56.2 Å². The first-order chi connectivity index (χ1) is 13.6. The van der Waals surface area contributed by atoms with E-state index >= 15 is 0 Å². The minimum Gasteiger partial charge on any atom is -0.493 e. The van der Waals surface area contributed by atoms with E-state index in [-0.39, 0.29) is 18.2 Å². The smallest absolute Gasteiger partial charge is 0.166 e. The third-order valence-electron chi connectivity index (χ3n) is 8.15. The normalized spacial score (nSPS) is 40.3. The molecule has 0 unspecified atom stereocenters. The molecule has 6 heteroatoms. The fraction of sp³-hybridized carbons (Fsp3) is 0.682. The molecule has 2 bridgehead atoms. The maximum Gasteiger partial charge on any atom is 0.166 e. The number of benzene rings is 1. The first-order valence-electron chi connectivity index (χ1n) is 10.5. The van der Waals surface area contributed by atoms with Gasteiger partial charge in [-0.25, -0.2) is 4.99 Å². The number of isothiocyanates is 1. The second-order valence-electron chi connectivity index (χ2n) is 9.30. The Balaban J connectivity index is 1.56. The second kappa shape index (κ2) is 5.79. The molecule has 28 heavy (non-hydrogen) atoms. The summed E-state index contributed by atoms with van der Waals surface area (Å²) in [6.07, 6.45) is 5.77. The highest BCUT2D eigenvalue weighted by Gasteiger charge is 2.73. The third kappa shape index (κ3) is 2.00. The van der Waals surface area contributed by atoms with Crippen molar-refractivity contribution in [1.29, 1.82) is 0 Å². The van der Waals surface area contributed by atoms with E-state index in [0.29, 0.717) is 0 Å². The number of rotatable bonds is 4. The lowest BCUT2D eigenvalue weighted by Gasteiger charge is -2.63. The van der Waals surface area contributed by atoms with Crippen LogP contribution in [0.5, 0.6) is 11.5 Å². The highest BCUT2D eigenvalue weighted by Crippen LogP contribution is 2.65. The van der Waals surface area contributed by atoms with Crippen LogP contribution in [0.4, 0.5) is 0 Å². The van der Waals surface area contributed by atoms with Gasteiger partial charge in [0.2, 0.25) is 0 Å².